The standard InChI is InChI=1S/C23H18ClNO/c24-18-10-6-9-17(13-18)20(14-23(26)16-7-2-1-3-8-16)21-15-25-22-12-5-4-11-19(21)22/h1-13,15,20,25H,14H2/t20-/m1/s1. The summed E-state index contributed by atoms with van der Waals surface area (Å²) in [7, 11) is 0. The second-order valence-electron chi connectivity index (χ2n) is 6.39. The first kappa shape index (κ1) is 16.6. The lowest BCUT2D eigenvalue weighted by molar-refractivity contribution is 0.0978. The predicted octanol–water partition coefficient (Wildman–Crippen LogP) is 6.23. The number of rotatable bonds is 5. The number of aromatic amines is 1. The predicted molar refractivity (Wildman–Crippen MR) is 107 cm³/mol. The molecule has 1 N–H and O–H groups in total. The molecule has 3 aromatic carbocycles. The van der Waals surface area contributed by atoms with Crippen LogP contribution in [-0.2, 0) is 0 Å². The number of H-pyrrole nitrogens is 1. The molecular formula is C23H18ClNO. The van der Waals surface area contributed by atoms with Crippen molar-refractivity contribution in [3.05, 3.63) is 107 Å². The number of hydrogen-bond acceptors (Lipinski definition) is 1. The Kier molecular flexibility index (Phi) is 4.59. The molecule has 2 nitrogen and oxygen atoms in total. The van der Waals surface area contributed by atoms with E-state index in [1.54, 1.807) is 0 Å². The number of fused-ring (bicyclic) bond motifs is 1. The third-order valence-electron chi connectivity index (χ3n) is 4.73. The van der Waals surface area contributed by atoms with Crippen LogP contribution < -0.4 is 0 Å². The van der Waals surface area contributed by atoms with Crippen LogP contribution in [0.4, 0.5) is 0 Å². The van der Waals surface area contributed by atoms with Gasteiger partial charge in [-0.25, -0.2) is 0 Å². The van der Waals surface area contributed by atoms with Gasteiger partial charge in [0.25, 0.3) is 0 Å². The summed E-state index contributed by atoms with van der Waals surface area (Å²) in [5.41, 5.74) is 3.97. The fraction of sp³-hybridized carbons (Fsp3) is 0.0870. The van der Waals surface area contributed by atoms with Gasteiger partial charge in [0, 0.05) is 40.0 Å². The number of ketones is 1. The molecule has 0 saturated carbocycles. The van der Waals surface area contributed by atoms with Crippen molar-refractivity contribution in [2.24, 2.45) is 0 Å². The third-order valence-corrected chi connectivity index (χ3v) is 4.97. The molecule has 1 aromatic heterocycles. The van der Waals surface area contributed by atoms with E-state index in [1.807, 2.05) is 79.0 Å². The molecule has 0 unspecified atom stereocenters. The summed E-state index contributed by atoms with van der Waals surface area (Å²) in [6, 6.07) is 25.4. The molecule has 0 aliphatic rings. The molecule has 3 heteroatoms. The highest BCUT2D eigenvalue weighted by atomic mass is 35.5. The Balaban J connectivity index is 1.78. The second kappa shape index (κ2) is 7.19. The van der Waals surface area contributed by atoms with Crippen LogP contribution in [0.25, 0.3) is 10.9 Å². The van der Waals surface area contributed by atoms with Crippen molar-refractivity contribution < 1.29 is 4.79 Å². The first-order chi connectivity index (χ1) is 12.7. The summed E-state index contributed by atoms with van der Waals surface area (Å²) >= 11 is 6.23. The molecule has 128 valence electrons. The Bertz CT molecular complexity index is 1050. The van der Waals surface area contributed by atoms with Gasteiger partial charge in [0.2, 0.25) is 0 Å². The number of carbonyl (C=O) groups is 1. The van der Waals surface area contributed by atoms with Crippen LogP contribution in [0.1, 0.15) is 33.8 Å². The molecular weight excluding hydrogens is 342 g/mol. The average Bonchev–Trinajstić information content (AvgIpc) is 3.10. The van der Waals surface area contributed by atoms with E-state index in [0.29, 0.717) is 11.4 Å². The first-order valence-electron chi connectivity index (χ1n) is 8.62. The van der Waals surface area contributed by atoms with Gasteiger partial charge < -0.3 is 4.98 Å². The number of aromatic nitrogens is 1. The van der Waals surface area contributed by atoms with E-state index in [-0.39, 0.29) is 11.7 Å². The van der Waals surface area contributed by atoms with Crippen molar-refractivity contribution >= 4 is 28.3 Å². The Hall–Kier alpha value is -2.84. The molecule has 0 aliphatic heterocycles. The van der Waals surface area contributed by atoms with Gasteiger partial charge in [-0.1, -0.05) is 72.3 Å². The molecule has 0 aliphatic carbocycles. The van der Waals surface area contributed by atoms with Gasteiger partial charge in [-0.05, 0) is 29.3 Å². The van der Waals surface area contributed by atoms with E-state index < -0.39 is 0 Å². The smallest absolute Gasteiger partial charge is 0.163 e. The largest absolute Gasteiger partial charge is 0.361 e. The van der Waals surface area contributed by atoms with Crippen LogP contribution in [0, 0.1) is 0 Å². The summed E-state index contributed by atoms with van der Waals surface area (Å²) in [6.07, 6.45) is 2.40. The van der Waals surface area contributed by atoms with Crippen molar-refractivity contribution in [2.75, 3.05) is 0 Å². The quantitative estimate of drug-likeness (QED) is 0.421. The molecule has 0 radical (unpaired) electrons. The number of nitrogens with one attached hydrogen (secondary N) is 1. The first-order valence-corrected chi connectivity index (χ1v) is 9.00. The van der Waals surface area contributed by atoms with E-state index in [2.05, 4.69) is 11.1 Å². The highest BCUT2D eigenvalue weighted by Gasteiger charge is 2.22. The lowest BCUT2D eigenvalue weighted by atomic mass is 9.85. The topological polar surface area (TPSA) is 32.9 Å². The Morgan fingerprint density at radius 3 is 2.50 bits per heavy atom. The number of halogens is 1. The molecule has 0 fully saturated rings. The summed E-state index contributed by atoms with van der Waals surface area (Å²) in [6.45, 7) is 0. The maximum absolute atomic E-state index is 12.9. The zero-order chi connectivity index (χ0) is 17.9. The maximum atomic E-state index is 12.9. The Morgan fingerprint density at radius 2 is 1.69 bits per heavy atom. The van der Waals surface area contributed by atoms with Crippen molar-refractivity contribution in [3.8, 4) is 0 Å². The van der Waals surface area contributed by atoms with Gasteiger partial charge in [0.05, 0.1) is 0 Å². The lowest BCUT2D eigenvalue weighted by Crippen LogP contribution is -2.09. The monoisotopic (exact) mass is 359 g/mol. The van der Waals surface area contributed by atoms with Crippen LogP contribution in [0.5, 0.6) is 0 Å². The number of Topliss-reactive ketones (excluding diaryl/α,β-unsaturated/α-hetero) is 1. The second-order valence-corrected chi connectivity index (χ2v) is 6.83. The van der Waals surface area contributed by atoms with E-state index in [9.17, 15) is 4.79 Å². The highest BCUT2D eigenvalue weighted by Crippen LogP contribution is 2.35. The van der Waals surface area contributed by atoms with Gasteiger partial charge in [-0.2, -0.15) is 0 Å². The average molecular weight is 360 g/mol. The number of benzene rings is 3. The van der Waals surface area contributed by atoms with Gasteiger partial charge in [0.1, 0.15) is 0 Å². The molecule has 4 rings (SSSR count). The van der Waals surface area contributed by atoms with Gasteiger partial charge in [-0.15, -0.1) is 0 Å². The minimum atomic E-state index is -0.0578. The Morgan fingerprint density at radius 1 is 0.923 bits per heavy atom. The van der Waals surface area contributed by atoms with Crippen LogP contribution in [-0.4, -0.2) is 10.8 Å². The van der Waals surface area contributed by atoms with E-state index >= 15 is 0 Å². The molecule has 0 bridgehead atoms. The zero-order valence-corrected chi connectivity index (χ0v) is 14.9. The number of para-hydroxylation sites is 1. The summed E-state index contributed by atoms with van der Waals surface area (Å²) in [5.74, 6) is 0.0680. The fourth-order valence-corrected chi connectivity index (χ4v) is 3.64. The van der Waals surface area contributed by atoms with E-state index in [1.165, 1.54) is 0 Å². The minimum Gasteiger partial charge on any atom is -0.361 e. The van der Waals surface area contributed by atoms with Crippen LogP contribution >= 0.6 is 11.6 Å². The normalized spacial score (nSPS) is 12.2. The SMILES string of the molecule is O=C(C[C@H](c1cccc(Cl)c1)c1c[nH]c2ccccc12)c1ccccc1. The highest BCUT2D eigenvalue weighted by molar-refractivity contribution is 6.30. The van der Waals surface area contributed by atoms with E-state index in [4.69, 9.17) is 11.6 Å². The molecule has 0 saturated heterocycles. The van der Waals surface area contributed by atoms with Crippen LogP contribution in [0.15, 0.2) is 85.1 Å². The van der Waals surface area contributed by atoms with Crippen LogP contribution in [0.3, 0.4) is 0 Å². The minimum absolute atomic E-state index is 0.0578. The van der Waals surface area contributed by atoms with Crippen molar-refractivity contribution in [1.82, 2.24) is 4.98 Å². The van der Waals surface area contributed by atoms with Gasteiger partial charge in [0.15, 0.2) is 5.78 Å². The van der Waals surface area contributed by atoms with Gasteiger partial charge >= 0.3 is 0 Å². The number of hydrogen-bond donors (Lipinski definition) is 1. The molecule has 26 heavy (non-hydrogen) atoms. The summed E-state index contributed by atoms with van der Waals surface area (Å²) < 4.78 is 0. The van der Waals surface area contributed by atoms with Crippen LogP contribution in [0.2, 0.25) is 5.02 Å². The van der Waals surface area contributed by atoms with Crippen molar-refractivity contribution in [3.63, 3.8) is 0 Å². The van der Waals surface area contributed by atoms with Crippen molar-refractivity contribution in [1.29, 1.82) is 0 Å². The maximum Gasteiger partial charge on any atom is 0.163 e. The zero-order valence-electron chi connectivity index (χ0n) is 14.2. The van der Waals surface area contributed by atoms with E-state index in [0.717, 1.165) is 27.6 Å². The summed E-state index contributed by atoms with van der Waals surface area (Å²) in [4.78, 5) is 16.2. The molecule has 1 atom stereocenters. The summed E-state index contributed by atoms with van der Waals surface area (Å²) in [5, 5.41) is 1.82. The third kappa shape index (κ3) is 3.29. The molecule has 0 amide bonds. The number of carbonyl (C=O) groups excluding carboxylic acids is 1. The molecule has 1 heterocycles. The van der Waals surface area contributed by atoms with Gasteiger partial charge in [-0.3, -0.25) is 4.79 Å². The molecule has 4 aromatic rings. The van der Waals surface area contributed by atoms with Crippen molar-refractivity contribution in [2.45, 2.75) is 12.3 Å². The molecule has 0 spiro atoms. The fourth-order valence-electron chi connectivity index (χ4n) is 3.44. The lowest BCUT2D eigenvalue weighted by Gasteiger charge is -2.17. The Labute approximate surface area is 157 Å².